The van der Waals surface area contributed by atoms with E-state index in [0.29, 0.717) is 13.2 Å². The van der Waals surface area contributed by atoms with E-state index < -0.39 is 0 Å². The van der Waals surface area contributed by atoms with E-state index in [1.165, 1.54) is 11.1 Å². The van der Waals surface area contributed by atoms with Gasteiger partial charge in [0, 0.05) is 11.5 Å². The Labute approximate surface area is 113 Å². The fraction of sp³-hybridized carbons (Fsp3) is 0.600. The van der Waals surface area contributed by atoms with Gasteiger partial charge in [-0.3, -0.25) is 0 Å². The number of aliphatic hydroxyl groups excluding tert-OH is 1. The predicted molar refractivity (Wildman–Crippen MR) is 72.7 cm³/mol. The van der Waals surface area contributed by atoms with E-state index in [9.17, 15) is 5.11 Å². The molecule has 1 atom stereocenters. The SMILES string of the molecule is CNC(c1cc2c(cc1C)OCCO2)C1(CO)CC1. The molecule has 1 heterocycles. The smallest absolute Gasteiger partial charge is 0.161 e. The molecule has 0 radical (unpaired) electrons. The Morgan fingerprint density at radius 1 is 1.26 bits per heavy atom. The van der Waals surface area contributed by atoms with Crippen LogP contribution in [0.1, 0.15) is 30.0 Å². The molecule has 1 aliphatic heterocycles. The Hall–Kier alpha value is -1.26. The third-order valence-corrected chi connectivity index (χ3v) is 4.35. The van der Waals surface area contributed by atoms with Crippen LogP contribution in [0, 0.1) is 12.3 Å². The monoisotopic (exact) mass is 263 g/mol. The van der Waals surface area contributed by atoms with E-state index in [0.717, 1.165) is 24.3 Å². The first kappa shape index (κ1) is 12.8. The maximum atomic E-state index is 9.65. The lowest BCUT2D eigenvalue weighted by Crippen LogP contribution is -2.30. The number of benzene rings is 1. The summed E-state index contributed by atoms with van der Waals surface area (Å²) in [6.45, 7) is 3.53. The van der Waals surface area contributed by atoms with Gasteiger partial charge in [0.2, 0.25) is 0 Å². The summed E-state index contributed by atoms with van der Waals surface area (Å²) in [6.07, 6.45) is 2.14. The van der Waals surface area contributed by atoms with Gasteiger partial charge in [-0.05, 0) is 50.1 Å². The minimum atomic E-state index is 0.00324. The van der Waals surface area contributed by atoms with Gasteiger partial charge in [0.25, 0.3) is 0 Å². The van der Waals surface area contributed by atoms with E-state index in [-0.39, 0.29) is 18.1 Å². The van der Waals surface area contributed by atoms with Crippen molar-refractivity contribution in [2.75, 3.05) is 26.9 Å². The van der Waals surface area contributed by atoms with Gasteiger partial charge in [0.15, 0.2) is 11.5 Å². The number of aliphatic hydroxyl groups is 1. The van der Waals surface area contributed by atoms with Crippen LogP contribution >= 0.6 is 0 Å². The number of fused-ring (bicyclic) bond motifs is 1. The molecule has 4 heteroatoms. The Balaban J connectivity index is 1.99. The highest BCUT2D eigenvalue weighted by molar-refractivity contribution is 5.49. The number of hydrogen-bond acceptors (Lipinski definition) is 4. The molecule has 19 heavy (non-hydrogen) atoms. The van der Waals surface area contributed by atoms with Crippen molar-refractivity contribution in [2.24, 2.45) is 5.41 Å². The Kier molecular flexibility index (Phi) is 3.15. The highest BCUT2D eigenvalue weighted by Gasteiger charge is 2.49. The summed E-state index contributed by atoms with van der Waals surface area (Å²) >= 11 is 0. The second kappa shape index (κ2) is 4.69. The molecular weight excluding hydrogens is 242 g/mol. The van der Waals surface area contributed by atoms with Gasteiger partial charge in [-0.25, -0.2) is 0 Å². The molecule has 1 aromatic rings. The zero-order valence-corrected chi connectivity index (χ0v) is 11.5. The van der Waals surface area contributed by atoms with Gasteiger partial charge >= 0.3 is 0 Å². The van der Waals surface area contributed by atoms with Crippen molar-refractivity contribution in [3.8, 4) is 11.5 Å². The number of rotatable bonds is 4. The third kappa shape index (κ3) is 2.09. The summed E-state index contributed by atoms with van der Waals surface area (Å²) in [6, 6.07) is 4.29. The molecule has 1 unspecified atom stereocenters. The number of hydrogen-bond donors (Lipinski definition) is 2. The maximum Gasteiger partial charge on any atom is 0.161 e. The quantitative estimate of drug-likeness (QED) is 0.869. The zero-order chi connectivity index (χ0) is 13.5. The fourth-order valence-corrected chi connectivity index (χ4v) is 3.01. The molecule has 1 aliphatic carbocycles. The highest BCUT2D eigenvalue weighted by atomic mass is 16.6. The average molecular weight is 263 g/mol. The first-order valence-electron chi connectivity index (χ1n) is 6.88. The van der Waals surface area contributed by atoms with Crippen molar-refractivity contribution in [1.29, 1.82) is 0 Å². The summed E-state index contributed by atoms with van der Waals surface area (Å²) in [5.41, 5.74) is 2.39. The second-order valence-electron chi connectivity index (χ2n) is 5.59. The number of aryl methyl sites for hydroxylation is 1. The highest BCUT2D eigenvalue weighted by Crippen LogP contribution is 2.55. The molecule has 2 N–H and O–H groups in total. The van der Waals surface area contributed by atoms with Crippen molar-refractivity contribution in [3.05, 3.63) is 23.3 Å². The molecule has 0 aromatic heterocycles. The topological polar surface area (TPSA) is 50.7 Å². The molecule has 0 bridgehead atoms. The van der Waals surface area contributed by atoms with Gasteiger partial charge in [0.05, 0.1) is 6.61 Å². The van der Waals surface area contributed by atoms with Crippen molar-refractivity contribution >= 4 is 0 Å². The van der Waals surface area contributed by atoms with E-state index in [2.05, 4.69) is 18.3 Å². The fourth-order valence-electron chi connectivity index (χ4n) is 3.01. The second-order valence-corrected chi connectivity index (χ2v) is 5.59. The summed E-state index contributed by atoms with van der Waals surface area (Å²) in [5, 5.41) is 13.0. The summed E-state index contributed by atoms with van der Waals surface area (Å²) in [7, 11) is 1.96. The average Bonchev–Trinajstić information content (AvgIpc) is 3.21. The van der Waals surface area contributed by atoms with Crippen LogP contribution in [0.5, 0.6) is 11.5 Å². The van der Waals surface area contributed by atoms with Crippen LogP contribution < -0.4 is 14.8 Å². The minimum absolute atomic E-state index is 0.00324. The first-order chi connectivity index (χ1) is 9.20. The Bertz CT molecular complexity index is 483. The van der Waals surface area contributed by atoms with Crippen LogP contribution in [0.25, 0.3) is 0 Å². The molecule has 1 aromatic carbocycles. The lowest BCUT2D eigenvalue weighted by Gasteiger charge is -2.29. The number of ether oxygens (including phenoxy) is 2. The molecule has 0 saturated heterocycles. The molecular formula is C15H21NO3. The van der Waals surface area contributed by atoms with Gasteiger partial charge in [0.1, 0.15) is 13.2 Å². The van der Waals surface area contributed by atoms with Crippen molar-refractivity contribution in [3.63, 3.8) is 0 Å². The van der Waals surface area contributed by atoms with E-state index in [4.69, 9.17) is 9.47 Å². The molecule has 4 nitrogen and oxygen atoms in total. The zero-order valence-electron chi connectivity index (χ0n) is 11.5. The van der Waals surface area contributed by atoms with Crippen LogP contribution in [0.15, 0.2) is 12.1 Å². The van der Waals surface area contributed by atoms with E-state index in [1.807, 2.05) is 13.1 Å². The Morgan fingerprint density at radius 3 is 2.42 bits per heavy atom. The van der Waals surface area contributed by atoms with Gasteiger partial charge < -0.3 is 19.9 Å². The minimum Gasteiger partial charge on any atom is -0.486 e. The first-order valence-corrected chi connectivity index (χ1v) is 6.88. The lowest BCUT2D eigenvalue weighted by atomic mass is 9.88. The number of nitrogens with one attached hydrogen (secondary N) is 1. The molecule has 0 amide bonds. The molecule has 104 valence electrons. The molecule has 0 spiro atoms. The largest absolute Gasteiger partial charge is 0.486 e. The summed E-state index contributed by atoms with van der Waals surface area (Å²) in [5.74, 6) is 1.65. The van der Waals surface area contributed by atoms with Crippen LogP contribution in [-0.4, -0.2) is 32.0 Å². The van der Waals surface area contributed by atoms with E-state index >= 15 is 0 Å². The summed E-state index contributed by atoms with van der Waals surface area (Å²) < 4.78 is 11.3. The predicted octanol–water partition coefficient (Wildman–Crippen LogP) is 1.80. The summed E-state index contributed by atoms with van der Waals surface area (Å²) in [4.78, 5) is 0. The van der Waals surface area contributed by atoms with E-state index in [1.54, 1.807) is 0 Å². The standard InChI is InChI=1S/C15H21NO3/c1-10-7-12-13(19-6-5-18-12)8-11(10)14(16-2)15(9-17)3-4-15/h7-8,14,16-17H,3-6,9H2,1-2H3. The van der Waals surface area contributed by atoms with Crippen LogP contribution in [0.3, 0.4) is 0 Å². The molecule has 2 aliphatic rings. The van der Waals surface area contributed by atoms with Gasteiger partial charge in [-0.1, -0.05) is 0 Å². The van der Waals surface area contributed by atoms with Gasteiger partial charge in [-0.15, -0.1) is 0 Å². The molecule has 1 fully saturated rings. The normalized spacial score (nSPS) is 21.0. The van der Waals surface area contributed by atoms with Crippen molar-refractivity contribution in [1.82, 2.24) is 5.32 Å². The third-order valence-electron chi connectivity index (χ3n) is 4.35. The van der Waals surface area contributed by atoms with Crippen LogP contribution in [0.2, 0.25) is 0 Å². The van der Waals surface area contributed by atoms with Crippen molar-refractivity contribution in [2.45, 2.75) is 25.8 Å². The maximum absolute atomic E-state index is 9.65. The molecule has 3 rings (SSSR count). The van der Waals surface area contributed by atoms with Gasteiger partial charge in [-0.2, -0.15) is 0 Å². The van der Waals surface area contributed by atoms with Crippen LogP contribution in [-0.2, 0) is 0 Å². The lowest BCUT2D eigenvalue weighted by molar-refractivity contribution is 0.166. The Morgan fingerprint density at radius 2 is 1.89 bits per heavy atom. The van der Waals surface area contributed by atoms with Crippen molar-refractivity contribution < 1.29 is 14.6 Å². The molecule has 1 saturated carbocycles. The van der Waals surface area contributed by atoms with Crippen LogP contribution in [0.4, 0.5) is 0 Å².